The summed E-state index contributed by atoms with van der Waals surface area (Å²) in [5.74, 6) is 2.30. The zero-order valence-electron chi connectivity index (χ0n) is 21.3. The normalized spacial score (nSPS) is 12.7. The van der Waals surface area contributed by atoms with Gasteiger partial charge in [-0.2, -0.15) is 0 Å². The Labute approximate surface area is 206 Å². The highest BCUT2D eigenvalue weighted by Crippen LogP contribution is 2.51. The predicted octanol–water partition coefficient (Wildman–Crippen LogP) is 10.3. The van der Waals surface area contributed by atoms with Crippen LogP contribution in [0.2, 0.25) is 0 Å². The fourth-order valence-corrected chi connectivity index (χ4v) is 4.51. The Balaban J connectivity index is 1.69. The van der Waals surface area contributed by atoms with Gasteiger partial charge in [-0.25, -0.2) is 0 Å². The summed E-state index contributed by atoms with van der Waals surface area (Å²) in [5.41, 5.74) is 7.25. The van der Waals surface area contributed by atoms with Gasteiger partial charge in [0.15, 0.2) is 11.5 Å². The number of benzene rings is 3. The molecule has 0 amide bonds. The van der Waals surface area contributed by atoms with Crippen LogP contribution in [0.25, 0.3) is 6.08 Å². The molecule has 2 nitrogen and oxygen atoms in total. The quantitative estimate of drug-likeness (QED) is 0.221. The maximum absolute atomic E-state index is 6.51. The molecule has 1 aliphatic heterocycles. The zero-order chi connectivity index (χ0) is 23.9. The van der Waals surface area contributed by atoms with Crippen LogP contribution in [0.3, 0.4) is 0 Å². The molecule has 3 aromatic rings. The van der Waals surface area contributed by atoms with E-state index >= 15 is 0 Å². The van der Waals surface area contributed by atoms with Crippen molar-refractivity contribution < 1.29 is 4.74 Å². The lowest BCUT2D eigenvalue weighted by molar-refractivity contribution is 0.475. The summed E-state index contributed by atoms with van der Waals surface area (Å²) < 4.78 is 6.51. The average Bonchev–Trinajstić information content (AvgIpc) is 2.85. The van der Waals surface area contributed by atoms with E-state index in [0.29, 0.717) is 5.92 Å². The molecule has 0 aliphatic carbocycles. The molecular weight excluding hydrogens is 414 g/mol. The Bertz CT molecular complexity index is 1110. The molecule has 34 heavy (non-hydrogen) atoms. The van der Waals surface area contributed by atoms with Gasteiger partial charge in [-0.1, -0.05) is 83.4 Å². The van der Waals surface area contributed by atoms with E-state index in [2.05, 4.69) is 105 Å². The monoisotopic (exact) mass is 453 g/mol. The molecule has 178 valence electrons. The highest BCUT2D eigenvalue weighted by Gasteiger charge is 2.26. The number of nitrogens with zero attached hydrogens (tertiary/aromatic N) is 1. The number of allylic oxidation sites excluding steroid dienone is 1. The molecular formula is C32H39NO. The Morgan fingerprint density at radius 3 is 2.21 bits per heavy atom. The van der Waals surface area contributed by atoms with E-state index < -0.39 is 0 Å². The van der Waals surface area contributed by atoms with Crippen molar-refractivity contribution in [2.24, 2.45) is 0 Å². The molecule has 0 saturated carbocycles. The van der Waals surface area contributed by atoms with Gasteiger partial charge in [-0.3, -0.25) is 0 Å². The summed E-state index contributed by atoms with van der Waals surface area (Å²) >= 11 is 0. The number of aryl methyl sites for hydroxylation is 1. The minimum absolute atomic E-state index is 0.457. The summed E-state index contributed by atoms with van der Waals surface area (Å²) in [6.45, 7) is 8.95. The summed E-state index contributed by atoms with van der Waals surface area (Å²) in [4.78, 5) is 2.34. The van der Waals surface area contributed by atoms with Gasteiger partial charge in [0.25, 0.3) is 0 Å². The topological polar surface area (TPSA) is 12.5 Å². The number of anilines is 3. The molecule has 0 aromatic heterocycles. The van der Waals surface area contributed by atoms with Crippen LogP contribution >= 0.6 is 0 Å². The smallest absolute Gasteiger partial charge is 0.152 e. The fraction of sp³-hybridized carbons (Fsp3) is 0.375. The summed E-state index contributed by atoms with van der Waals surface area (Å²) in [6.07, 6.45) is 13.0. The van der Waals surface area contributed by atoms with Crippen LogP contribution in [-0.4, -0.2) is 0 Å². The molecule has 0 N–H and O–H groups in total. The molecule has 0 spiro atoms. The molecule has 0 bridgehead atoms. The molecule has 2 heteroatoms. The van der Waals surface area contributed by atoms with Gasteiger partial charge < -0.3 is 9.64 Å². The third-order valence-corrected chi connectivity index (χ3v) is 6.63. The first-order chi connectivity index (χ1) is 16.6. The van der Waals surface area contributed by atoms with Gasteiger partial charge in [-0.05, 0) is 84.7 Å². The molecule has 0 unspecified atom stereocenters. The van der Waals surface area contributed by atoms with E-state index in [1.807, 2.05) is 0 Å². The van der Waals surface area contributed by atoms with Gasteiger partial charge in [0, 0.05) is 5.69 Å². The van der Waals surface area contributed by atoms with Crippen molar-refractivity contribution in [3.63, 3.8) is 0 Å². The first kappa shape index (κ1) is 24.1. The van der Waals surface area contributed by atoms with E-state index in [0.717, 1.165) is 35.7 Å². The molecule has 0 radical (unpaired) electrons. The Hall–Kier alpha value is -3.00. The van der Waals surface area contributed by atoms with Crippen molar-refractivity contribution in [3.05, 3.63) is 83.4 Å². The number of unbranched alkanes of at least 4 members (excludes halogenated alkanes) is 4. The van der Waals surface area contributed by atoms with Crippen LogP contribution < -0.4 is 9.64 Å². The molecule has 3 aromatic carbocycles. The predicted molar refractivity (Wildman–Crippen MR) is 147 cm³/mol. The second-order valence-corrected chi connectivity index (χ2v) is 9.71. The number of ether oxygens (including phenoxy) is 1. The zero-order valence-corrected chi connectivity index (χ0v) is 21.3. The Kier molecular flexibility index (Phi) is 8.11. The van der Waals surface area contributed by atoms with Gasteiger partial charge >= 0.3 is 0 Å². The average molecular weight is 454 g/mol. The van der Waals surface area contributed by atoms with Crippen LogP contribution in [0.1, 0.15) is 88.8 Å². The first-order valence-corrected chi connectivity index (χ1v) is 13.1. The van der Waals surface area contributed by atoms with Crippen LogP contribution in [0.4, 0.5) is 17.1 Å². The van der Waals surface area contributed by atoms with E-state index in [-0.39, 0.29) is 0 Å². The van der Waals surface area contributed by atoms with Crippen LogP contribution in [0.15, 0.2) is 66.7 Å². The maximum Gasteiger partial charge on any atom is 0.152 e. The first-order valence-electron chi connectivity index (χ1n) is 13.1. The van der Waals surface area contributed by atoms with Crippen LogP contribution in [0, 0.1) is 0 Å². The number of hydrogen-bond acceptors (Lipinski definition) is 2. The second-order valence-electron chi connectivity index (χ2n) is 9.71. The van der Waals surface area contributed by atoms with Crippen molar-refractivity contribution in [1.82, 2.24) is 0 Å². The molecule has 1 aliphatic rings. The molecule has 0 atom stereocenters. The Morgan fingerprint density at radius 2 is 1.50 bits per heavy atom. The van der Waals surface area contributed by atoms with Crippen LogP contribution in [0.5, 0.6) is 11.5 Å². The van der Waals surface area contributed by atoms with Crippen LogP contribution in [-0.2, 0) is 6.42 Å². The van der Waals surface area contributed by atoms with Gasteiger partial charge in [0.1, 0.15) is 0 Å². The molecule has 0 saturated heterocycles. The molecule has 0 fully saturated rings. The van der Waals surface area contributed by atoms with Gasteiger partial charge in [-0.15, -0.1) is 0 Å². The Morgan fingerprint density at radius 1 is 0.794 bits per heavy atom. The molecule has 1 heterocycles. The summed E-state index contributed by atoms with van der Waals surface area (Å²) in [7, 11) is 0. The number of rotatable bonds is 10. The van der Waals surface area contributed by atoms with Crippen molar-refractivity contribution in [2.75, 3.05) is 4.90 Å². The second kappa shape index (κ2) is 11.4. The summed E-state index contributed by atoms with van der Waals surface area (Å²) in [5, 5.41) is 0. The maximum atomic E-state index is 6.51. The van der Waals surface area contributed by atoms with Crippen molar-refractivity contribution in [2.45, 2.75) is 78.6 Å². The fourth-order valence-electron chi connectivity index (χ4n) is 4.51. The standard InChI is InChI=1S/C32H39NO/c1-5-7-9-10-11-13-26-16-20-29-31(22-26)34-32-23-27(24(3)4)17-21-30(32)33(29)28-18-14-25(15-19-28)12-8-6-2/h11,13-24H,5-10,12H2,1-4H3. The lowest BCUT2D eigenvalue weighted by atomic mass is 10.0. The lowest BCUT2D eigenvalue weighted by Gasteiger charge is -2.33. The largest absolute Gasteiger partial charge is 0.453 e. The van der Waals surface area contributed by atoms with E-state index in [1.165, 1.54) is 54.5 Å². The minimum Gasteiger partial charge on any atom is -0.453 e. The van der Waals surface area contributed by atoms with Gasteiger partial charge in [0.2, 0.25) is 0 Å². The number of hydrogen-bond donors (Lipinski definition) is 0. The molecule has 4 rings (SSSR count). The van der Waals surface area contributed by atoms with Crippen molar-refractivity contribution in [1.29, 1.82) is 0 Å². The lowest BCUT2D eigenvalue weighted by Crippen LogP contribution is -2.16. The SMILES string of the molecule is CCCCCC=Cc1ccc2c(c1)Oc1cc(C(C)C)ccc1N2c1ccc(CCCC)cc1. The van der Waals surface area contributed by atoms with Crippen molar-refractivity contribution in [3.8, 4) is 11.5 Å². The van der Waals surface area contributed by atoms with E-state index in [9.17, 15) is 0 Å². The number of fused-ring (bicyclic) bond motifs is 2. The van der Waals surface area contributed by atoms with E-state index in [1.54, 1.807) is 0 Å². The third-order valence-electron chi connectivity index (χ3n) is 6.63. The highest BCUT2D eigenvalue weighted by molar-refractivity contribution is 5.87. The van der Waals surface area contributed by atoms with E-state index in [4.69, 9.17) is 4.74 Å². The highest BCUT2D eigenvalue weighted by atomic mass is 16.5. The minimum atomic E-state index is 0.457. The summed E-state index contributed by atoms with van der Waals surface area (Å²) in [6, 6.07) is 22.3. The van der Waals surface area contributed by atoms with Crippen molar-refractivity contribution >= 4 is 23.1 Å². The third kappa shape index (κ3) is 5.55. The van der Waals surface area contributed by atoms with Gasteiger partial charge in [0.05, 0.1) is 11.4 Å².